The van der Waals surface area contributed by atoms with Crippen LogP contribution in [0.3, 0.4) is 0 Å². The molecule has 3 heterocycles. The highest BCUT2D eigenvalue weighted by molar-refractivity contribution is 5.39. The second-order valence-electron chi connectivity index (χ2n) is 4.86. The maximum Gasteiger partial charge on any atom is 0.257 e. The second-order valence-corrected chi connectivity index (χ2v) is 4.86. The first-order valence-electron chi connectivity index (χ1n) is 7.05. The first kappa shape index (κ1) is 12.8. The Morgan fingerprint density at radius 1 is 1.00 bits per heavy atom. The summed E-state index contributed by atoms with van der Waals surface area (Å²) in [5.41, 5.74) is 0. The Hall–Kier alpha value is -2.18. The van der Waals surface area contributed by atoms with E-state index in [-0.39, 0.29) is 0 Å². The largest absolute Gasteiger partial charge is 0.357 e. The highest BCUT2D eigenvalue weighted by Crippen LogP contribution is 2.17. The van der Waals surface area contributed by atoms with E-state index < -0.39 is 0 Å². The van der Waals surface area contributed by atoms with Gasteiger partial charge in [-0.25, -0.2) is 4.68 Å². The van der Waals surface area contributed by atoms with E-state index in [1.165, 1.54) is 25.7 Å². The molecule has 0 unspecified atom stereocenters. The maximum atomic E-state index is 4.55. The Labute approximate surface area is 118 Å². The van der Waals surface area contributed by atoms with Crippen molar-refractivity contribution in [1.82, 2.24) is 24.7 Å². The van der Waals surface area contributed by atoms with Crippen molar-refractivity contribution in [3.63, 3.8) is 0 Å². The molecule has 1 fully saturated rings. The van der Waals surface area contributed by atoms with Gasteiger partial charge in [-0.3, -0.25) is 0 Å². The highest BCUT2D eigenvalue weighted by atomic mass is 15.4. The molecule has 0 aliphatic carbocycles. The molecule has 7 heteroatoms. The minimum absolute atomic E-state index is 0.550. The third-order valence-corrected chi connectivity index (χ3v) is 3.43. The molecule has 1 aliphatic heterocycles. The van der Waals surface area contributed by atoms with E-state index in [4.69, 9.17) is 0 Å². The van der Waals surface area contributed by atoms with Crippen LogP contribution in [0, 0.1) is 0 Å². The van der Waals surface area contributed by atoms with Crippen LogP contribution in [-0.4, -0.2) is 44.9 Å². The zero-order valence-corrected chi connectivity index (χ0v) is 11.7. The lowest BCUT2D eigenvalue weighted by molar-refractivity contribution is 0.726. The molecule has 2 aromatic heterocycles. The number of rotatable bonds is 3. The fourth-order valence-corrected chi connectivity index (χ4v) is 2.37. The van der Waals surface area contributed by atoms with Gasteiger partial charge in [0.2, 0.25) is 11.9 Å². The van der Waals surface area contributed by atoms with Gasteiger partial charge in [-0.05, 0) is 18.9 Å². The molecule has 20 heavy (non-hydrogen) atoms. The Balaban J connectivity index is 1.95. The molecule has 3 rings (SSSR count). The number of hydrogen-bond donors (Lipinski definition) is 1. The fourth-order valence-electron chi connectivity index (χ4n) is 2.37. The minimum atomic E-state index is 0.550. The van der Waals surface area contributed by atoms with Crippen LogP contribution in [0.5, 0.6) is 0 Å². The van der Waals surface area contributed by atoms with Crippen molar-refractivity contribution in [3.8, 4) is 5.95 Å². The summed E-state index contributed by atoms with van der Waals surface area (Å²) in [5, 5.41) is 7.18. The SMILES string of the molecule is CNc1nc(N2CCCCCC2)nc(-n2cccn2)n1. The predicted molar refractivity (Wildman–Crippen MR) is 77.2 cm³/mol. The van der Waals surface area contributed by atoms with Crippen LogP contribution in [0.4, 0.5) is 11.9 Å². The van der Waals surface area contributed by atoms with Gasteiger partial charge in [0.1, 0.15) is 0 Å². The van der Waals surface area contributed by atoms with Gasteiger partial charge in [0.15, 0.2) is 0 Å². The molecule has 0 radical (unpaired) electrons. The topological polar surface area (TPSA) is 71.8 Å². The van der Waals surface area contributed by atoms with Gasteiger partial charge in [-0.2, -0.15) is 20.1 Å². The van der Waals surface area contributed by atoms with Crippen LogP contribution in [0.25, 0.3) is 5.95 Å². The summed E-state index contributed by atoms with van der Waals surface area (Å²) < 4.78 is 1.66. The number of aromatic nitrogens is 5. The lowest BCUT2D eigenvalue weighted by atomic mass is 10.2. The third kappa shape index (κ3) is 2.71. The van der Waals surface area contributed by atoms with Crippen LogP contribution < -0.4 is 10.2 Å². The lowest BCUT2D eigenvalue weighted by Crippen LogP contribution is -2.27. The molecule has 7 nitrogen and oxygen atoms in total. The molecule has 0 amide bonds. The van der Waals surface area contributed by atoms with Crippen molar-refractivity contribution < 1.29 is 0 Å². The lowest BCUT2D eigenvalue weighted by Gasteiger charge is -2.20. The quantitative estimate of drug-likeness (QED) is 0.913. The molecule has 0 atom stereocenters. The van der Waals surface area contributed by atoms with Crippen LogP contribution in [0.2, 0.25) is 0 Å². The van der Waals surface area contributed by atoms with Crippen LogP contribution in [0.1, 0.15) is 25.7 Å². The van der Waals surface area contributed by atoms with E-state index in [1.54, 1.807) is 10.9 Å². The van der Waals surface area contributed by atoms with E-state index in [1.807, 2.05) is 19.3 Å². The van der Waals surface area contributed by atoms with E-state index in [9.17, 15) is 0 Å². The van der Waals surface area contributed by atoms with Crippen molar-refractivity contribution >= 4 is 11.9 Å². The van der Waals surface area contributed by atoms with Gasteiger partial charge >= 0.3 is 0 Å². The predicted octanol–water partition coefficient (Wildman–Crippen LogP) is 1.48. The average Bonchev–Trinajstić information content (AvgIpc) is 2.89. The van der Waals surface area contributed by atoms with Gasteiger partial charge in [0, 0.05) is 32.5 Å². The summed E-state index contributed by atoms with van der Waals surface area (Å²) in [5.74, 6) is 1.86. The Morgan fingerprint density at radius 3 is 2.40 bits per heavy atom. The summed E-state index contributed by atoms with van der Waals surface area (Å²) in [6.07, 6.45) is 8.50. The normalized spacial score (nSPS) is 15.9. The maximum absolute atomic E-state index is 4.55. The van der Waals surface area contributed by atoms with Crippen molar-refractivity contribution in [1.29, 1.82) is 0 Å². The Bertz CT molecular complexity index is 544. The smallest absolute Gasteiger partial charge is 0.257 e. The van der Waals surface area contributed by atoms with Gasteiger partial charge < -0.3 is 10.2 Å². The van der Waals surface area contributed by atoms with Crippen LogP contribution in [-0.2, 0) is 0 Å². The summed E-state index contributed by atoms with van der Waals surface area (Å²) in [7, 11) is 1.81. The number of nitrogens with zero attached hydrogens (tertiary/aromatic N) is 6. The molecular weight excluding hydrogens is 254 g/mol. The summed E-state index contributed by atoms with van der Waals surface area (Å²) in [6, 6.07) is 1.86. The third-order valence-electron chi connectivity index (χ3n) is 3.43. The van der Waals surface area contributed by atoms with Crippen molar-refractivity contribution in [3.05, 3.63) is 18.5 Å². The molecule has 1 aliphatic rings. The van der Waals surface area contributed by atoms with Gasteiger partial charge in [0.05, 0.1) is 0 Å². The molecule has 0 spiro atoms. The average molecular weight is 273 g/mol. The van der Waals surface area contributed by atoms with E-state index in [0.29, 0.717) is 11.9 Å². The Morgan fingerprint density at radius 2 is 1.75 bits per heavy atom. The molecule has 0 aromatic carbocycles. The van der Waals surface area contributed by atoms with Crippen molar-refractivity contribution in [2.45, 2.75) is 25.7 Å². The zero-order valence-electron chi connectivity index (χ0n) is 11.7. The van der Waals surface area contributed by atoms with Crippen molar-refractivity contribution in [2.24, 2.45) is 0 Å². The molecular formula is C13H19N7. The van der Waals surface area contributed by atoms with Gasteiger partial charge in [0.25, 0.3) is 5.95 Å². The van der Waals surface area contributed by atoms with E-state index in [0.717, 1.165) is 19.0 Å². The molecule has 106 valence electrons. The summed E-state index contributed by atoms with van der Waals surface area (Å²) >= 11 is 0. The summed E-state index contributed by atoms with van der Waals surface area (Å²) in [4.78, 5) is 15.6. The summed E-state index contributed by atoms with van der Waals surface area (Å²) in [6.45, 7) is 2.01. The van der Waals surface area contributed by atoms with Crippen LogP contribution >= 0.6 is 0 Å². The molecule has 0 saturated carbocycles. The zero-order chi connectivity index (χ0) is 13.8. The molecule has 1 N–H and O–H groups in total. The Kier molecular flexibility index (Phi) is 3.76. The van der Waals surface area contributed by atoms with Crippen molar-refractivity contribution in [2.75, 3.05) is 30.4 Å². The standard InChI is InChI=1S/C13H19N7/c1-14-11-16-12(19-8-4-2-3-5-9-19)18-13(17-11)20-10-6-7-15-20/h6-7,10H,2-5,8-9H2,1H3,(H,14,16,17,18). The molecule has 2 aromatic rings. The highest BCUT2D eigenvalue weighted by Gasteiger charge is 2.15. The van der Waals surface area contributed by atoms with Gasteiger partial charge in [-0.15, -0.1) is 0 Å². The second kappa shape index (κ2) is 5.85. The van der Waals surface area contributed by atoms with Crippen LogP contribution in [0.15, 0.2) is 18.5 Å². The number of anilines is 2. The minimum Gasteiger partial charge on any atom is -0.357 e. The van der Waals surface area contributed by atoms with E-state index >= 15 is 0 Å². The fraction of sp³-hybridized carbons (Fsp3) is 0.538. The van der Waals surface area contributed by atoms with Gasteiger partial charge in [-0.1, -0.05) is 12.8 Å². The monoisotopic (exact) mass is 273 g/mol. The first-order chi connectivity index (χ1) is 9.86. The molecule has 0 bridgehead atoms. The van der Waals surface area contributed by atoms with E-state index in [2.05, 4.69) is 30.3 Å². The first-order valence-corrected chi connectivity index (χ1v) is 7.05. The number of hydrogen-bond acceptors (Lipinski definition) is 6. The molecule has 1 saturated heterocycles. The number of nitrogens with one attached hydrogen (secondary N) is 1.